The molecule has 0 heterocycles. The van der Waals surface area contributed by atoms with Crippen molar-refractivity contribution in [3.05, 3.63) is 59.7 Å². The first-order chi connectivity index (χ1) is 13.5. The highest BCUT2D eigenvalue weighted by Crippen LogP contribution is 2.44. The van der Waals surface area contributed by atoms with Gasteiger partial charge in [0.2, 0.25) is 0 Å². The second-order valence-electron chi connectivity index (χ2n) is 7.00. The molecule has 0 aromatic heterocycles. The van der Waals surface area contributed by atoms with Crippen LogP contribution in [0, 0.1) is 18.3 Å². The van der Waals surface area contributed by atoms with E-state index in [0.717, 1.165) is 22.3 Å². The second-order valence-corrected chi connectivity index (χ2v) is 7.00. The van der Waals surface area contributed by atoms with Crippen molar-refractivity contribution in [3.8, 4) is 23.5 Å². The Kier molecular flexibility index (Phi) is 6.00. The molecule has 2 aromatic rings. The van der Waals surface area contributed by atoms with Gasteiger partial charge in [-0.1, -0.05) is 68.3 Å². The highest BCUT2D eigenvalue weighted by molar-refractivity contribution is 5.82. The van der Waals surface area contributed by atoms with Crippen LogP contribution in [0.5, 0.6) is 0 Å². The van der Waals surface area contributed by atoms with Gasteiger partial charge >= 0.3 is 12.1 Å². The molecule has 1 amide bonds. The topological polar surface area (TPSA) is 64.6 Å². The molecule has 0 aliphatic heterocycles. The minimum absolute atomic E-state index is 0.0379. The van der Waals surface area contributed by atoms with Crippen LogP contribution in [-0.4, -0.2) is 31.3 Å². The predicted octanol–water partition coefficient (Wildman–Crippen LogP) is 3.73. The zero-order chi connectivity index (χ0) is 20.1. The quantitative estimate of drug-likeness (QED) is 0.615. The van der Waals surface area contributed by atoms with E-state index in [-0.39, 0.29) is 25.0 Å². The van der Waals surface area contributed by atoms with Gasteiger partial charge in [0, 0.05) is 5.92 Å². The lowest BCUT2D eigenvalue weighted by molar-refractivity contribution is -0.145. The molecular formula is C23H23NO4. The lowest BCUT2D eigenvalue weighted by Crippen LogP contribution is -2.45. The Labute approximate surface area is 165 Å². The van der Waals surface area contributed by atoms with Crippen molar-refractivity contribution in [3.63, 3.8) is 0 Å². The van der Waals surface area contributed by atoms with Crippen molar-refractivity contribution < 1.29 is 19.1 Å². The third-order valence-electron chi connectivity index (χ3n) is 4.84. The first-order valence-electron chi connectivity index (χ1n) is 9.24. The van der Waals surface area contributed by atoms with Crippen molar-refractivity contribution in [2.24, 2.45) is 5.92 Å². The Morgan fingerprint density at radius 2 is 1.61 bits per heavy atom. The zero-order valence-electron chi connectivity index (χ0n) is 16.0. The fourth-order valence-electron chi connectivity index (χ4n) is 3.47. The van der Waals surface area contributed by atoms with E-state index in [0.29, 0.717) is 0 Å². The van der Waals surface area contributed by atoms with Gasteiger partial charge < -0.3 is 14.8 Å². The maximum absolute atomic E-state index is 12.3. The molecule has 0 bridgehead atoms. The number of carbonyl (C=O) groups excluding carboxylic acids is 2. The summed E-state index contributed by atoms with van der Waals surface area (Å²) in [5.74, 6) is 1.47. The standard InChI is InChI=1S/C23H23NO4/c1-4-13-27-22(25)21(15(2)3)24-23(26)28-14-20-18-11-7-5-9-16(18)17-10-6-8-12-19(17)20/h1,5-12,15,20-21H,13-14H2,2-3H3,(H,24,26)/t21-/m0/s1. The molecule has 5 nitrogen and oxygen atoms in total. The lowest BCUT2D eigenvalue weighted by Gasteiger charge is -2.21. The number of benzene rings is 2. The molecule has 0 saturated carbocycles. The Bertz CT molecular complexity index is 867. The number of alkyl carbamates (subject to hydrolysis) is 1. The van der Waals surface area contributed by atoms with Gasteiger partial charge in [-0.3, -0.25) is 0 Å². The minimum Gasteiger partial charge on any atom is -0.451 e. The summed E-state index contributed by atoms with van der Waals surface area (Å²) in [6.45, 7) is 3.68. The first kappa shape index (κ1) is 19.5. The van der Waals surface area contributed by atoms with Crippen LogP contribution in [0.3, 0.4) is 0 Å². The Morgan fingerprint density at radius 1 is 1.04 bits per heavy atom. The summed E-state index contributed by atoms with van der Waals surface area (Å²) in [6.07, 6.45) is 4.46. The number of nitrogens with one attached hydrogen (secondary N) is 1. The smallest absolute Gasteiger partial charge is 0.407 e. The number of fused-ring (bicyclic) bond motifs is 3. The molecule has 0 fully saturated rings. The van der Waals surface area contributed by atoms with Gasteiger partial charge in [-0.2, -0.15) is 0 Å². The molecule has 28 heavy (non-hydrogen) atoms. The van der Waals surface area contributed by atoms with Crippen molar-refractivity contribution in [1.82, 2.24) is 5.32 Å². The summed E-state index contributed by atoms with van der Waals surface area (Å²) in [4.78, 5) is 24.4. The monoisotopic (exact) mass is 377 g/mol. The van der Waals surface area contributed by atoms with Gasteiger partial charge in [-0.25, -0.2) is 9.59 Å². The second kappa shape index (κ2) is 8.62. The molecule has 5 heteroatoms. The van der Waals surface area contributed by atoms with Gasteiger partial charge in [0.15, 0.2) is 6.61 Å². The van der Waals surface area contributed by atoms with Crippen LogP contribution in [0.4, 0.5) is 4.79 Å². The third kappa shape index (κ3) is 4.01. The van der Waals surface area contributed by atoms with Crippen molar-refractivity contribution in [1.29, 1.82) is 0 Å². The average molecular weight is 377 g/mol. The van der Waals surface area contributed by atoms with Gasteiger partial charge in [-0.05, 0) is 28.2 Å². The molecule has 2 aromatic carbocycles. The van der Waals surface area contributed by atoms with Gasteiger partial charge in [0.1, 0.15) is 12.6 Å². The highest BCUT2D eigenvalue weighted by Gasteiger charge is 2.30. The van der Waals surface area contributed by atoms with Gasteiger partial charge in [-0.15, -0.1) is 6.42 Å². The van der Waals surface area contributed by atoms with E-state index in [2.05, 4.69) is 35.5 Å². The SMILES string of the molecule is C#CCOC(=O)[C@@H](NC(=O)OCC1c2ccccc2-c2ccccc21)C(C)C. The summed E-state index contributed by atoms with van der Waals surface area (Å²) in [5, 5.41) is 2.59. The first-order valence-corrected chi connectivity index (χ1v) is 9.24. The minimum atomic E-state index is -0.816. The van der Waals surface area contributed by atoms with Crippen LogP contribution in [0.15, 0.2) is 48.5 Å². The Balaban J connectivity index is 1.68. The zero-order valence-corrected chi connectivity index (χ0v) is 16.0. The van der Waals surface area contributed by atoms with E-state index in [1.165, 1.54) is 0 Å². The summed E-state index contributed by atoms with van der Waals surface area (Å²) in [5.41, 5.74) is 4.57. The van der Waals surface area contributed by atoms with E-state index in [9.17, 15) is 9.59 Å². The Morgan fingerprint density at radius 3 is 2.14 bits per heavy atom. The molecule has 0 radical (unpaired) electrons. The van der Waals surface area contributed by atoms with Crippen molar-refractivity contribution in [2.75, 3.05) is 13.2 Å². The molecule has 1 aliphatic carbocycles. The molecule has 144 valence electrons. The normalized spacial score (nSPS) is 13.2. The summed E-state index contributed by atoms with van der Waals surface area (Å²) in [7, 11) is 0. The predicted molar refractivity (Wildman–Crippen MR) is 107 cm³/mol. The fourth-order valence-corrected chi connectivity index (χ4v) is 3.47. The largest absolute Gasteiger partial charge is 0.451 e. The number of amides is 1. The van der Waals surface area contributed by atoms with E-state index >= 15 is 0 Å². The third-order valence-corrected chi connectivity index (χ3v) is 4.84. The number of esters is 1. The van der Waals surface area contributed by atoms with E-state index in [4.69, 9.17) is 15.9 Å². The van der Waals surface area contributed by atoms with Crippen molar-refractivity contribution in [2.45, 2.75) is 25.8 Å². The number of hydrogen-bond acceptors (Lipinski definition) is 4. The van der Waals surface area contributed by atoms with Crippen LogP contribution in [0.25, 0.3) is 11.1 Å². The lowest BCUT2D eigenvalue weighted by atomic mass is 9.98. The fraction of sp³-hybridized carbons (Fsp3) is 0.304. The molecule has 0 saturated heterocycles. The van der Waals surface area contributed by atoms with E-state index < -0.39 is 18.1 Å². The van der Waals surface area contributed by atoms with Gasteiger partial charge in [0.25, 0.3) is 0 Å². The number of terminal acetylenes is 1. The average Bonchev–Trinajstić information content (AvgIpc) is 3.02. The molecule has 0 spiro atoms. The number of hydrogen-bond donors (Lipinski definition) is 1. The van der Waals surface area contributed by atoms with Gasteiger partial charge in [0.05, 0.1) is 0 Å². The van der Waals surface area contributed by atoms with Crippen LogP contribution in [0.1, 0.15) is 30.9 Å². The van der Waals surface area contributed by atoms with E-state index in [1.54, 1.807) is 0 Å². The number of carbonyl (C=O) groups is 2. The maximum atomic E-state index is 12.3. The van der Waals surface area contributed by atoms with Crippen LogP contribution in [-0.2, 0) is 14.3 Å². The van der Waals surface area contributed by atoms with Crippen LogP contribution < -0.4 is 5.32 Å². The molecule has 0 unspecified atom stereocenters. The molecule has 1 N–H and O–H groups in total. The molecule has 1 aliphatic rings. The van der Waals surface area contributed by atoms with E-state index in [1.807, 2.05) is 38.1 Å². The van der Waals surface area contributed by atoms with Crippen molar-refractivity contribution >= 4 is 12.1 Å². The summed E-state index contributed by atoms with van der Waals surface area (Å²) < 4.78 is 10.4. The van der Waals surface area contributed by atoms with Crippen LogP contribution >= 0.6 is 0 Å². The highest BCUT2D eigenvalue weighted by atomic mass is 16.6. The number of ether oxygens (including phenoxy) is 2. The van der Waals surface area contributed by atoms with Crippen LogP contribution in [0.2, 0.25) is 0 Å². The molecule has 1 atom stereocenters. The summed E-state index contributed by atoms with van der Waals surface area (Å²) >= 11 is 0. The summed E-state index contributed by atoms with van der Waals surface area (Å²) in [6, 6.07) is 15.4. The number of rotatable bonds is 6. The maximum Gasteiger partial charge on any atom is 0.407 e. The Hall–Kier alpha value is -3.26. The molecule has 3 rings (SSSR count). The molecular weight excluding hydrogens is 354 g/mol.